The Hall–Kier alpha value is -1.47. The number of nitrogens with one attached hydrogen (secondary N) is 1. The summed E-state index contributed by atoms with van der Waals surface area (Å²) in [5.41, 5.74) is 5.85. The number of thiazole rings is 1. The highest BCUT2D eigenvalue weighted by Crippen LogP contribution is 2.29. The van der Waals surface area contributed by atoms with Gasteiger partial charge in [0.25, 0.3) is 5.91 Å². The minimum Gasteiger partial charge on any atom is -0.481 e. The molecule has 2 atom stereocenters. The second-order valence-corrected chi connectivity index (χ2v) is 6.31. The van der Waals surface area contributed by atoms with Gasteiger partial charge in [-0.25, -0.2) is 4.98 Å². The Bertz CT molecular complexity index is 503. The van der Waals surface area contributed by atoms with Crippen molar-refractivity contribution >= 4 is 23.2 Å². The summed E-state index contributed by atoms with van der Waals surface area (Å²) in [5, 5.41) is 14.6. The first-order chi connectivity index (χ1) is 10.1. The van der Waals surface area contributed by atoms with Gasteiger partial charge in [0.05, 0.1) is 10.9 Å². The van der Waals surface area contributed by atoms with E-state index >= 15 is 0 Å². The molecule has 1 amide bonds. The smallest absolute Gasteiger partial charge is 0.306 e. The Kier molecular flexibility index (Phi) is 5.69. The average Bonchev–Trinajstić information content (AvgIpc) is 2.94. The molecule has 1 aliphatic rings. The quantitative estimate of drug-likeness (QED) is 0.733. The van der Waals surface area contributed by atoms with Crippen molar-refractivity contribution in [3.63, 3.8) is 0 Å². The molecule has 1 aliphatic carbocycles. The highest BCUT2D eigenvalue weighted by atomic mass is 32.1. The molecule has 4 N–H and O–H groups in total. The second-order valence-electron chi connectivity index (χ2n) is 5.36. The monoisotopic (exact) mass is 311 g/mol. The van der Waals surface area contributed by atoms with Crippen LogP contribution in [0.15, 0.2) is 5.38 Å². The molecule has 116 valence electrons. The second kappa shape index (κ2) is 7.51. The fourth-order valence-corrected chi connectivity index (χ4v) is 3.54. The minimum absolute atomic E-state index is 0.0161. The number of aromatic nitrogens is 1. The third-order valence-electron chi connectivity index (χ3n) is 3.89. The first kappa shape index (κ1) is 15.9. The van der Waals surface area contributed by atoms with E-state index in [9.17, 15) is 14.7 Å². The number of carboxylic acid groups (broad SMARTS) is 1. The molecule has 2 unspecified atom stereocenters. The molecule has 1 heterocycles. The van der Waals surface area contributed by atoms with Gasteiger partial charge in [-0.15, -0.1) is 11.3 Å². The number of nitrogens with two attached hydrogens (primary N) is 1. The predicted molar refractivity (Wildman–Crippen MR) is 80.3 cm³/mol. The van der Waals surface area contributed by atoms with Crippen LogP contribution in [0.3, 0.4) is 0 Å². The minimum atomic E-state index is -0.757. The van der Waals surface area contributed by atoms with Gasteiger partial charge in [-0.2, -0.15) is 0 Å². The Labute approximate surface area is 127 Å². The van der Waals surface area contributed by atoms with Crippen molar-refractivity contribution < 1.29 is 14.7 Å². The van der Waals surface area contributed by atoms with E-state index in [0.717, 1.165) is 24.3 Å². The van der Waals surface area contributed by atoms with E-state index < -0.39 is 5.97 Å². The third kappa shape index (κ3) is 4.25. The molecule has 7 heteroatoms. The summed E-state index contributed by atoms with van der Waals surface area (Å²) < 4.78 is 0. The van der Waals surface area contributed by atoms with Gasteiger partial charge in [0.2, 0.25) is 0 Å². The van der Waals surface area contributed by atoms with Crippen LogP contribution in [-0.2, 0) is 11.2 Å². The number of nitrogens with zero attached hydrogens (tertiary/aromatic N) is 1. The summed E-state index contributed by atoms with van der Waals surface area (Å²) in [5.74, 6) is -1.32. The number of carboxylic acids is 1. The van der Waals surface area contributed by atoms with E-state index in [-0.39, 0.29) is 17.7 Å². The van der Waals surface area contributed by atoms with Crippen LogP contribution in [-0.4, -0.2) is 35.1 Å². The van der Waals surface area contributed by atoms with Crippen molar-refractivity contribution in [2.24, 2.45) is 17.6 Å². The SMILES string of the molecule is NCCc1nc(C(=O)NCC2CCCCC2C(=O)O)cs1. The largest absolute Gasteiger partial charge is 0.481 e. The van der Waals surface area contributed by atoms with E-state index in [1.54, 1.807) is 5.38 Å². The summed E-state index contributed by atoms with van der Waals surface area (Å²) in [4.78, 5) is 27.5. The lowest BCUT2D eigenvalue weighted by Gasteiger charge is -2.28. The van der Waals surface area contributed by atoms with Crippen molar-refractivity contribution in [1.82, 2.24) is 10.3 Å². The lowest BCUT2D eigenvalue weighted by Crippen LogP contribution is -2.37. The van der Waals surface area contributed by atoms with Crippen molar-refractivity contribution in [3.8, 4) is 0 Å². The normalized spacial score (nSPS) is 22.0. The fourth-order valence-electron chi connectivity index (χ4n) is 2.74. The van der Waals surface area contributed by atoms with E-state index in [2.05, 4.69) is 10.3 Å². The predicted octanol–water partition coefficient (Wildman–Crippen LogP) is 1.27. The Morgan fingerprint density at radius 1 is 1.43 bits per heavy atom. The summed E-state index contributed by atoms with van der Waals surface area (Å²) in [6.07, 6.45) is 4.21. The van der Waals surface area contributed by atoms with Crippen LogP contribution in [0.25, 0.3) is 0 Å². The molecule has 0 aromatic carbocycles. The lowest BCUT2D eigenvalue weighted by atomic mass is 9.79. The van der Waals surface area contributed by atoms with Crippen LogP contribution < -0.4 is 11.1 Å². The van der Waals surface area contributed by atoms with Crippen LogP contribution in [0, 0.1) is 11.8 Å². The number of hydrogen-bond acceptors (Lipinski definition) is 5. The van der Waals surface area contributed by atoms with Gasteiger partial charge in [0.15, 0.2) is 0 Å². The fraction of sp³-hybridized carbons (Fsp3) is 0.643. The number of aliphatic carboxylic acids is 1. The molecule has 0 radical (unpaired) electrons. The van der Waals surface area contributed by atoms with E-state index in [0.29, 0.717) is 31.6 Å². The maximum Gasteiger partial charge on any atom is 0.306 e. The molecule has 0 spiro atoms. The molecule has 1 aromatic rings. The highest BCUT2D eigenvalue weighted by Gasteiger charge is 2.30. The van der Waals surface area contributed by atoms with Crippen molar-refractivity contribution in [2.45, 2.75) is 32.1 Å². The number of hydrogen-bond donors (Lipinski definition) is 3. The maximum atomic E-state index is 12.0. The number of carbonyl (C=O) groups excluding carboxylic acids is 1. The van der Waals surface area contributed by atoms with Gasteiger partial charge in [-0.1, -0.05) is 12.8 Å². The topological polar surface area (TPSA) is 105 Å². The summed E-state index contributed by atoms with van der Waals surface area (Å²) in [6, 6.07) is 0. The molecular weight excluding hydrogens is 290 g/mol. The number of carbonyl (C=O) groups is 2. The van der Waals surface area contributed by atoms with Gasteiger partial charge in [0, 0.05) is 18.3 Å². The first-order valence-corrected chi connectivity index (χ1v) is 8.15. The molecule has 1 fully saturated rings. The van der Waals surface area contributed by atoms with E-state index in [1.807, 2.05) is 0 Å². The zero-order valence-corrected chi connectivity index (χ0v) is 12.7. The first-order valence-electron chi connectivity index (χ1n) is 7.27. The third-order valence-corrected chi connectivity index (χ3v) is 4.80. The summed E-state index contributed by atoms with van der Waals surface area (Å²) in [6.45, 7) is 0.913. The Morgan fingerprint density at radius 3 is 2.90 bits per heavy atom. The van der Waals surface area contributed by atoms with Gasteiger partial charge in [0.1, 0.15) is 5.69 Å². The van der Waals surface area contributed by atoms with E-state index in [4.69, 9.17) is 5.73 Å². The van der Waals surface area contributed by atoms with Crippen LogP contribution in [0.2, 0.25) is 0 Å². The number of amides is 1. The Balaban J connectivity index is 1.88. The van der Waals surface area contributed by atoms with Crippen LogP contribution >= 0.6 is 11.3 Å². The van der Waals surface area contributed by atoms with Crippen LogP contribution in [0.1, 0.15) is 41.2 Å². The van der Waals surface area contributed by atoms with Gasteiger partial charge < -0.3 is 16.2 Å². The molecule has 0 bridgehead atoms. The Morgan fingerprint density at radius 2 is 2.19 bits per heavy atom. The summed E-state index contributed by atoms with van der Waals surface area (Å²) in [7, 11) is 0. The molecular formula is C14H21N3O3S. The lowest BCUT2D eigenvalue weighted by molar-refractivity contribution is -0.144. The highest BCUT2D eigenvalue weighted by molar-refractivity contribution is 7.09. The van der Waals surface area contributed by atoms with Crippen LogP contribution in [0.4, 0.5) is 0 Å². The average molecular weight is 311 g/mol. The molecule has 0 aliphatic heterocycles. The number of rotatable bonds is 6. The standard InChI is InChI=1S/C14H21N3O3S/c15-6-5-12-17-11(8-21-12)13(18)16-7-9-3-1-2-4-10(9)14(19)20/h8-10H,1-7,15H2,(H,16,18)(H,19,20). The van der Waals surface area contributed by atoms with Crippen molar-refractivity contribution in [1.29, 1.82) is 0 Å². The zero-order valence-electron chi connectivity index (χ0n) is 11.9. The molecule has 21 heavy (non-hydrogen) atoms. The van der Waals surface area contributed by atoms with Crippen LogP contribution in [0.5, 0.6) is 0 Å². The molecule has 1 saturated carbocycles. The van der Waals surface area contributed by atoms with E-state index in [1.165, 1.54) is 11.3 Å². The molecule has 0 saturated heterocycles. The molecule has 6 nitrogen and oxygen atoms in total. The zero-order chi connectivity index (χ0) is 15.2. The maximum absolute atomic E-state index is 12.0. The molecule has 1 aromatic heterocycles. The van der Waals surface area contributed by atoms with Gasteiger partial charge in [-0.05, 0) is 25.3 Å². The van der Waals surface area contributed by atoms with Crippen molar-refractivity contribution in [2.75, 3.05) is 13.1 Å². The van der Waals surface area contributed by atoms with Gasteiger partial charge >= 0.3 is 5.97 Å². The molecule has 2 rings (SSSR count). The van der Waals surface area contributed by atoms with Crippen molar-refractivity contribution in [3.05, 3.63) is 16.1 Å². The van der Waals surface area contributed by atoms with Gasteiger partial charge in [-0.3, -0.25) is 9.59 Å². The summed E-state index contributed by atoms with van der Waals surface area (Å²) >= 11 is 1.42.